The first-order chi connectivity index (χ1) is 11.3. The normalized spacial score (nSPS) is 19.2. The molecule has 5 nitrogen and oxygen atoms in total. The smallest absolute Gasteiger partial charge is 0.253 e. The third-order valence-corrected chi connectivity index (χ3v) is 4.50. The van der Waals surface area contributed by atoms with Crippen LogP contribution in [0.3, 0.4) is 0 Å². The van der Waals surface area contributed by atoms with Gasteiger partial charge in [0.05, 0.1) is 23.3 Å². The number of nitrogens with one attached hydrogen (secondary N) is 1. The molecule has 0 saturated carbocycles. The number of hydrogen-bond acceptors (Lipinski definition) is 3. The van der Waals surface area contributed by atoms with Gasteiger partial charge in [0.2, 0.25) is 5.91 Å². The number of carbonyl (C=O) groups is 2. The van der Waals surface area contributed by atoms with Gasteiger partial charge in [-0.25, -0.2) is 0 Å². The second-order valence-corrected chi connectivity index (χ2v) is 7.13. The lowest BCUT2D eigenvalue weighted by Crippen LogP contribution is -2.55. The van der Waals surface area contributed by atoms with Crippen LogP contribution in [-0.2, 0) is 9.53 Å². The Kier molecular flexibility index (Phi) is 6.49. The molecular weight excluding hydrogens is 351 g/mol. The third-order valence-electron chi connectivity index (χ3n) is 3.95. The minimum absolute atomic E-state index is 0.00285. The van der Waals surface area contributed by atoms with Crippen molar-refractivity contribution in [2.75, 3.05) is 19.7 Å². The maximum absolute atomic E-state index is 12.8. The molecule has 7 heteroatoms. The predicted molar refractivity (Wildman–Crippen MR) is 94.5 cm³/mol. The number of hydrogen-bond donors (Lipinski definition) is 1. The van der Waals surface area contributed by atoms with E-state index >= 15 is 0 Å². The third kappa shape index (κ3) is 4.62. The van der Waals surface area contributed by atoms with Crippen LogP contribution in [0.4, 0.5) is 0 Å². The maximum Gasteiger partial charge on any atom is 0.253 e. The number of ether oxygens (including phenoxy) is 1. The Bertz CT molecular complexity index is 622. The molecule has 0 aromatic heterocycles. The van der Waals surface area contributed by atoms with Gasteiger partial charge in [0.15, 0.2) is 0 Å². The number of morpholine rings is 1. The first kappa shape index (κ1) is 19.0. The lowest BCUT2D eigenvalue weighted by molar-refractivity contribution is -0.141. The Morgan fingerprint density at radius 2 is 2.04 bits per heavy atom. The fourth-order valence-electron chi connectivity index (χ4n) is 2.62. The second-order valence-electron chi connectivity index (χ2n) is 6.28. The van der Waals surface area contributed by atoms with Crippen molar-refractivity contribution in [3.63, 3.8) is 0 Å². The molecule has 0 spiro atoms. The summed E-state index contributed by atoms with van der Waals surface area (Å²) in [6, 6.07) is 4.04. The molecule has 0 unspecified atom stereocenters. The molecule has 1 aliphatic heterocycles. The fraction of sp³-hybridized carbons (Fsp3) is 0.529. The van der Waals surface area contributed by atoms with E-state index in [-0.39, 0.29) is 28.9 Å². The molecule has 24 heavy (non-hydrogen) atoms. The average molecular weight is 373 g/mol. The quantitative estimate of drug-likeness (QED) is 0.883. The van der Waals surface area contributed by atoms with Gasteiger partial charge in [-0.3, -0.25) is 9.59 Å². The first-order valence-corrected chi connectivity index (χ1v) is 8.71. The van der Waals surface area contributed by atoms with Crippen LogP contribution in [0, 0.1) is 5.92 Å². The van der Waals surface area contributed by atoms with E-state index in [1.54, 1.807) is 17.0 Å². The Morgan fingerprint density at radius 3 is 2.62 bits per heavy atom. The zero-order chi connectivity index (χ0) is 17.9. The van der Waals surface area contributed by atoms with E-state index in [4.69, 9.17) is 27.9 Å². The Hall–Kier alpha value is -1.30. The van der Waals surface area contributed by atoms with Crippen molar-refractivity contribution in [2.45, 2.75) is 32.9 Å². The van der Waals surface area contributed by atoms with Crippen molar-refractivity contribution in [1.82, 2.24) is 10.2 Å². The van der Waals surface area contributed by atoms with Crippen LogP contribution in [-0.4, -0.2) is 48.6 Å². The van der Waals surface area contributed by atoms with E-state index in [0.717, 1.165) is 0 Å². The van der Waals surface area contributed by atoms with Crippen molar-refractivity contribution in [3.05, 3.63) is 33.8 Å². The lowest BCUT2D eigenvalue weighted by Gasteiger charge is -2.35. The van der Waals surface area contributed by atoms with Gasteiger partial charge < -0.3 is 15.0 Å². The predicted octanol–water partition coefficient (Wildman–Crippen LogP) is 3.00. The number of rotatable bonds is 4. The second kappa shape index (κ2) is 8.19. The average Bonchev–Trinajstić information content (AvgIpc) is 2.51. The molecule has 0 bridgehead atoms. The van der Waals surface area contributed by atoms with Gasteiger partial charge in [0.25, 0.3) is 5.91 Å². The highest BCUT2D eigenvalue weighted by molar-refractivity contribution is 6.36. The molecule has 1 aliphatic rings. The summed E-state index contributed by atoms with van der Waals surface area (Å²) < 4.78 is 5.46. The highest BCUT2D eigenvalue weighted by Gasteiger charge is 2.31. The Morgan fingerprint density at radius 1 is 1.33 bits per heavy atom. The van der Waals surface area contributed by atoms with Gasteiger partial charge in [0.1, 0.15) is 6.04 Å². The number of nitrogens with zero attached hydrogens (tertiary/aromatic N) is 1. The van der Waals surface area contributed by atoms with Crippen molar-refractivity contribution in [2.24, 2.45) is 5.92 Å². The number of benzene rings is 1. The van der Waals surface area contributed by atoms with Crippen LogP contribution in [0.2, 0.25) is 10.0 Å². The van der Waals surface area contributed by atoms with Gasteiger partial charge in [0, 0.05) is 18.1 Å². The molecule has 0 aliphatic carbocycles. The SMILES string of the molecule is CC(C)[C@@H](NC(=O)c1ccc(Cl)cc1Cl)C(=O)N1CCO[C@@H](C)C1. The van der Waals surface area contributed by atoms with Gasteiger partial charge in [-0.15, -0.1) is 0 Å². The molecule has 1 aromatic carbocycles. The molecule has 2 amide bonds. The first-order valence-electron chi connectivity index (χ1n) is 7.96. The van der Waals surface area contributed by atoms with Crippen molar-refractivity contribution < 1.29 is 14.3 Å². The molecule has 2 atom stereocenters. The topological polar surface area (TPSA) is 58.6 Å². The summed E-state index contributed by atoms with van der Waals surface area (Å²) in [6.07, 6.45) is -0.00285. The zero-order valence-corrected chi connectivity index (χ0v) is 15.5. The molecule has 132 valence electrons. The van der Waals surface area contributed by atoms with Gasteiger partial charge in [-0.1, -0.05) is 37.0 Å². The summed E-state index contributed by atoms with van der Waals surface area (Å²) >= 11 is 11.9. The van der Waals surface area contributed by atoms with E-state index < -0.39 is 6.04 Å². The van der Waals surface area contributed by atoms with Crippen molar-refractivity contribution >= 4 is 35.0 Å². The van der Waals surface area contributed by atoms with Crippen LogP contribution in [0.15, 0.2) is 18.2 Å². The summed E-state index contributed by atoms with van der Waals surface area (Å²) in [4.78, 5) is 27.0. The number of carbonyl (C=O) groups excluding carboxylic acids is 2. The maximum atomic E-state index is 12.8. The number of amides is 2. The summed E-state index contributed by atoms with van der Waals surface area (Å²) in [7, 11) is 0. The van der Waals surface area contributed by atoms with E-state index in [9.17, 15) is 9.59 Å². The minimum atomic E-state index is -0.616. The molecule has 1 saturated heterocycles. The van der Waals surface area contributed by atoms with E-state index in [1.807, 2.05) is 20.8 Å². The van der Waals surface area contributed by atoms with E-state index in [2.05, 4.69) is 5.32 Å². The Labute approximate surface area is 152 Å². The molecule has 1 fully saturated rings. The highest BCUT2D eigenvalue weighted by Crippen LogP contribution is 2.21. The fourth-order valence-corrected chi connectivity index (χ4v) is 3.12. The molecule has 1 aromatic rings. The molecule has 1 heterocycles. The molecule has 0 radical (unpaired) electrons. The summed E-state index contributed by atoms with van der Waals surface area (Å²) in [5.41, 5.74) is 0.301. The zero-order valence-electron chi connectivity index (χ0n) is 14.0. The van der Waals surface area contributed by atoms with Crippen LogP contribution in [0.5, 0.6) is 0 Å². The van der Waals surface area contributed by atoms with Crippen LogP contribution < -0.4 is 5.32 Å². The summed E-state index contributed by atoms with van der Waals surface area (Å²) in [5.74, 6) is -0.533. The van der Waals surface area contributed by atoms with Gasteiger partial charge in [-0.2, -0.15) is 0 Å². The van der Waals surface area contributed by atoms with E-state index in [1.165, 1.54) is 6.07 Å². The monoisotopic (exact) mass is 372 g/mol. The van der Waals surface area contributed by atoms with Crippen LogP contribution in [0.25, 0.3) is 0 Å². The largest absolute Gasteiger partial charge is 0.375 e. The highest BCUT2D eigenvalue weighted by atomic mass is 35.5. The standard InChI is InChI=1S/C17H22Cl2N2O3/c1-10(2)15(17(23)21-6-7-24-11(3)9-21)20-16(22)13-5-4-12(18)8-14(13)19/h4-5,8,10-11,15H,6-7,9H2,1-3H3,(H,20,22)/t11-,15+/m0/s1. The molecular formula is C17H22Cl2N2O3. The van der Waals surface area contributed by atoms with Gasteiger partial charge in [-0.05, 0) is 31.0 Å². The Balaban J connectivity index is 2.12. The minimum Gasteiger partial charge on any atom is -0.375 e. The van der Waals surface area contributed by atoms with Crippen LogP contribution in [0.1, 0.15) is 31.1 Å². The van der Waals surface area contributed by atoms with Crippen LogP contribution >= 0.6 is 23.2 Å². The summed E-state index contributed by atoms with van der Waals surface area (Å²) in [6.45, 7) is 7.29. The molecule has 2 rings (SSSR count). The number of halogens is 2. The van der Waals surface area contributed by atoms with Gasteiger partial charge >= 0.3 is 0 Å². The molecule has 1 N–H and O–H groups in total. The van der Waals surface area contributed by atoms with E-state index in [0.29, 0.717) is 30.3 Å². The van der Waals surface area contributed by atoms with Crippen molar-refractivity contribution in [1.29, 1.82) is 0 Å². The van der Waals surface area contributed by atoms with Crippen molar-refractivity contribution in [3.8, 4) is 0 Å². The lowest BCUT2D eigenvalue weighted by atomic mass is 10.0. The summed E-state index contributed by atoms with van der Waals surface area (Å²) in [5, 5.41) is 3.52.